The zero-order valence-corrected chi connectivity index (χ0v) is 9.49. The van der Waals surface area contributed by atoms with Crippen molar-refractivity contribution in [3.63, 3.8) is 0 Å². The van der Waals surface area contributed by atoms with Gasteiger partial charge in [-0.25, -0.2) is 0 Å². The molecular formula is C9H16Cl2N2. The van der Waals surface area contributed by atoms with Gasteiger partial charge in [-0.3, -0.25) is 10.9 Å². The monoisotopic (exact) mass is 222 g/mol. The molecule has 0 aromatic carbocycles. The molecule has 2 nitrogen and oxygen atoms in total. The van der Waals surface area contributed by atoms with E-state index < -0.39 is 0 Å². The zero-order valence-electron chi connectivity index (χ0n) is 7.86. The molecular weight excluding hydrogens is 207 g/mol. The Bertz CT molecular complexity index is 207. The molecule has 0 saturated carbocycles. The molecule has 0 aromatic heterocycles. The summed E-state index contributed by atoms with van der Waals surface area (Å²) in [6.45, 7) is 0. The van der Waals surface area contributed by atoms with Gasteiger partial charge < -0.3 is 0 Å². The first kappa shape index (κ1) is 15.2. The molecule has 2 bridgehead atoms. The van der Waals surface area contributed by atoms with Gasteiger partial charge in [0.05, 0.1) is 0 Å². The van der Waals surface area contributed by atoms with E-state index >= 15 is 0 Å². The fraction of sp³-hybridized carbons (Fsp3) is 0.333. The molecule has 2 aliphatic carbocycles. The van der Waals surface area contributed by atoms with Crippen LogP contribution in [0.4, 0.5) is 0 Å². The largest absolute Gasteiger partial charge is 0.269 e. The molecule has 0 aromatic rings. The molecule has 2 aliphatic rings. The Hall–Kier alpha value is -0.280. The molecule has 0 radical (unpaired) electrons. The molecule has 0 heterocycles. The lowest BCUT2D eigenvalue weighted by Gasteiger charge is -1.91. The molecule has 0 unspecified atom stereocenters. The van der Waals surface area contributed by atoms with Gasteiger partial charge in [-0.1, -0.05) is 24.3 Å². The maximum atomic E-state index is 4.94. The second-order valence-electron chi connectivity index (χ2n) is 2.96. The number of hydrogen-bond donors (Lipinski definition) is 1. The molecule has 76 valence electrons. The SMILES string of the molecule is C1=CC2=CC=C1C2.CN(C)N.Cl.Cl. The third-order valence-corrected chi connectivity index (χ3v) is 1.43. The second-order valence-corrected chi connectivity index (χ2v) is 2.96. The summed E-state index contributed by atoms with van der Waals surface area (Å²) in [4.78, 5) is 0. The Morgan fingerprint density at radius 3 is 1.46 bits per heavy atom. The van der Waals surface area contributed by atoms with Crippen molar-refractivity contribution in [1.29, 1.82) is 0 Å². The van der Waals surface area contributed by atoms with Crippen molar-refractivity contribution in [3.8, 4) is 0 Å². The van der Waals surface area contributed by atoms with E-state index in [4.69, 9.17) is 5.84 Å². The van der Waals surface area contributed by atoms with Crippen LogP contribution in [0.2, 0.25) is 0 Å². The van der Waals surface area contributed by atoms with Crippen LogP contribution in [0.25, 0.3) is 0 Å². The zero-order chi connectivity index (χ0) is 8.27. The molecule has 0 amide bonds. The minimum Gasteiger partial charge on any atom is -0.269 e. The number of halogens is 2. The summed E-state index contributed by atoms with van der Waals surface area (Å²) in [5.41, 5.74) is 2.94. The average Bonchev–Trinajstić information content (AvgIpc) is 2.45. The summed E-state index contributed by atoms with van der Waals surface area (Å²) in [6.07, 6.45) is 9.90. The van der Waals surface area contributed by atoms with Crippen molar-refractivity contribution in [3.05, 3.63) is 35.5 Å². The molecule has 0 saturated heterocycles. The summed E-state index contributed by atoms with van der Waals surface area (Å²) >= 11 is 0. The van der Waals surface area contributed by atoms with Crippen molar-refractivity contribution in [2.45, 2.75) is 6.42 Å². The van der Waals surface area contributed by atoms with Gasteiger partial charge in [0.1, 0.15) is 0 Å². The van der Waals surface area contributed by atoms with Gasteiger partial charge in [-0.2, -0.15) is 0 Å². The number of fused-ring (bicyclic) bond motifs is 2. The van der Waals surface area contributed by atoms with E-state index in [0.29, 0.717) is 0 Å². The van der Waals surface area contributed by atoms with E-state index in [1.54, 1.807) is 14.1 Å². The van der Waals surface area contributed by atoms with Crippen molar-refractivity contribution in [2.24, 2.45) is 5.84 Å². The minimum atomic E-state index is 0. The molecule has 0 aliphatic heterocycles. The molecule has 0 spiro atoms. The highest BCUT2D eigenvalue weighted by Gasteiger charge is 2.07. The highest BCUT2D eigenvalue weighted by molar-refractivity contribution is 5.85. The Morgan fingerprint density at radius 2 is 1.38 bits per heavy atom. The number of hydrogen-bond acceptors (Lipinski definition) is 2. The summed E-state index contributed by atoms with van der Waals surface area (Å²) in [5.74, 6) is 4.94. The lowest BCUT2D eigenvalue weighted by atomic mass is 10.3. The van der Waals surface area contributed by atoms with Gasteiger partial charge in [0.15, 0.2) is 0 Å². The second kappa shape index (κ2) is 7.15. The van der Waals surface area contributed by atoms with Crippen LogP contribution in [-0.2, 0) is 0 Å². The summed E-state index contributed by atoms with van der Waals surface area (Å²) in [6, 6.07) is 0. The fourth-order valence-corrected chi connectivity index (χ4v) is 1.01. The van der Waals surface area contributed by atoms with Crippen molar-refractivity contribution >= 4 is 24.8 Å². The molecule has 0 fully saturated rings. The van der Waals surface area contributed by atoms with Crippen LogP contribution in [0, 0.1) is 0 Å². The fourth-order valence-electron chi connectivity index (χ4n) is 1.01. The average molecular weight is 223 g/mol. The highest BCUT2D eigenvalue weighted by Crippen LogP contribution is 2.27. The van der Waals surface area contributed by atoms with E-state index in [-0.39, 0.29) is 24.8 Å². The van der Waals surface area contributed by atoms with Gasteiger partial charge in [-0.15, -0.1) is 24.8 Å². The maximum absolute atomic E-state index is 4.94. The Morgan fingerprint density at radius 1 is 1.08 bits per heavy atom. The minimum absolute atomic E-state index is 0. The van der Waals surface area contributed by atoms with E-state index in [2.05, 4.69) is 24.3 Å². The summed E-state index contributed by atoms with van der Waals surface area (Å²) in [5, 5.41) is 1.50. The van der Waals surface area contributed by atoms with Gasteiger partial charge in [0, 0.05) is 14.1 Å². The lowest BCUT2D eigenvalue weighted by Crippen LogP contribution is -2.18. The number of nitrogens with zero attached hydrogens (tertiary/aromatic N) is 1. The summed E-state index contributed by atoms with van der Waals surface area (Å²) < 4.78 is 0. The normalized spacial score (nSPS) is 15.1. The van der Waals surface area contributed by atoms with E-state index in [9.17, 15) is 0 Å². The van der Waals surface area contributed by atoms with Crippen LogP contribution in [0.15, 0.2) is 35.5 Å². The summed E-state index contributed by atoms with van der Waals surface area (Å²) in [7, 11) is 3.56. The molecule has 13 heavy (non-hydrogen) atoms. The predicted octanol–water partition coefficient (Wildman–Crippen LogP) is 2.08. The molecule has 2 rings (SSSR count). The van der Waals surface area contributed by atoms with Crippen LogP contribution in [0.1, 0.15) is 6.42 Å². The van der Waals surface area contributed by atoms with E-state index in [1.165, 1.54) is 22.6 Å². The number of nitrogens with two attached hydrogens (primary N) is 1. The van der Waals surface area contributed by atoms with Crippen LogP contribution >= 0.6 is 24.8 Å². The topological polar surface area (TPSA) is 29.3 Å². The highest BCUT2D eigenvalue weighted by atomic mass is 35.5. The van der Waals surface area contributed by atoms with Crippen LogP contribution in [0.3, 0.4) is 0 Å². The number of rotatable bonds is 0. The van der Waals surface area contributed by atoms with Crippen LogP contribution in [0.5, 0.6) is 0 Å². The predicted molar refractivity (Wildman–Crippen MR) is 62.3 cm³/mol. The first-order chi connectivity index (χ1) is 5.18. The first-order valence-electron chi connectivity index (χ1n) is 3.68. The lowest BCUT2D eigenvalue weighted by molar-refractivity contribution is 0.432. The Balaban J connectivity index is 0. The van der Waals surface area contributed by atoms with Crippen molar-refractivity contribution in [1.82, 2.24) is 5.01 Å². The first-order valence-corrected chi connectivity index (χ1v) is 3.68. The van der Waals surface area contributed by atoms with Crippen molar-refractivity contribution < 1.29 is 0 Å². The van der Waals surface area contributed by atoms with Crippen LogP contribution in [-0.4, -0.2) is 19.1 Å². The Kier molecular flexibility index (Phi) is 8.37. The Labute approximate surface area is 92.0 Å². The standard InChI is InChI=1S/C7H6.C2H8N2.2ClH/c1-2-7-4-3-6(1)5-7;1-4(2)3;;/h1-4H,5H2;3H2,1-2H3;2*1H. The van der Waals surface area contributed by atoms with Gasteiger partial charge in [0.25, 0.3) is 0 Å². The molecule has 4 heteroatoms. The number of hydrazine groups is 1. The third kappa shape index (κ3) is 5.88. The number of allylic oxidation sites excluding steroid dienone is 6. The smallest absolute Gasteiger partial charge is 0.00105 e. The maximum Gasteiger partial charge on any atom is 0.00105 e. The quantitative estimate of drug-likeness (QED) is 0.503. The van der Waals surface area contributed by atoms with Gasteiger partial charge in [0.2, 0.25) is 0 Å². The van der Waals surface area contributed by atoms with Gasteiger partial charge in [-0.05, 0) is 17.6 Å². The van der Waals surface area contributed by atoms with Crippen LogP contribution < -0.4 is 5.84 Å². The van der Waals surface area contributed by atoms with Gasteiger partial charge >= 0.3 is 0 Å². The molecule has 0 atom stereocenters. The van der Waals surface area contributed by atoms with Crippen molar-refractivity contribution in [2.75, 3.05) is 14.1 Å². The van der Waals surface area contributed by atoms with E-state index in [0.717, 1.165) is 0 Å². The van der Waals surface area contributed by atoms with E-state index in [1.807, 2.05) is 0 Å². The third-order valence-electron chi connectivity index (χ3n) is 1.43. The molecule has 2 N–H and O–H groups in total.